The van der Waals surface area contributed by atoms with Gasteiger partial charge in [0.1, 0.15) is 17.1 Å². The smallest absolute Gasteiger partial charge is 0.307 e. The first-order valence-electron chi connectivity index (χ1n) is 8.73. The second kappa shape index (κ2) is 7.89. The van der Waals surface area contributed by atoms with Crippen LogP contribution in [0.2, 0.25) is 0 Å². The molecule has 0 unspecified atom stereocenters. The molecule has 2 aromatic heterocycles. The van der Waals surface area contributed by atoms with Gasteiger partial charge < -0.3 is 8.83 Å². The lowest BCUT2D eigenvalue weighted by atomic mass is 10.1. The van der Waals surface area contributed by atoms with Crippen LogP contribution in [0.1, 0.15) is 33.6 Å². The first-order chi connectivity index (χ1) is 14.0. The first kappa shape index (κ1) is 18.9. The third kappa shape index (κ3) is 4.20. The maximum Gasteiger partial charge on any atom is 0.307 e. The van der Waals surface area contributed by atoms with Crippen molar-refractivity contribution in [3.05, 3.63) is 82.2 Å². The van der Waals surface area contributed by atoms with E-state index in [1.165, 1.54) is 13.1 Å². The topological polar surface area (TPSA) is 84.8 Å². The molecule has 1 N–H and O–H groups in total. The fourth-order valence-electron chi connectivity index (χ4n) is 2.78. The SMILES string of the molecule is CC(=O)c1ccc(-c2ccc(/C=N/NC(=O)c3cc4cc(Br)ccc4o3)o2)cc1. The zero-order valence-corrected chi connectivity index (χ0v) is 16.9. The van der Waals surface area contributed by atoms with E-state index in [0.717, 1.165) is 15.4 Å². The molecule has 0 aliphatic carbocycles. The predicted octanol–water partition coefficient (Wildman–Crippen LogP) is 5.42. The largest absolute Gasteiger partial charge is 0.455 e. The predicted molar refractivity (Wildman–Crippen MR) is 113 cm³/mol. The molecular formula is C22H15BrN2O4. The lowest BCUT2D eigenvalue weighted by Crippen LogP contribution is -2.16. The minimum atomic E-state index is -0.458. The summed E-state index contributed by atoms with van der Waals surface area (Å²) in [5, 5.41) is 4.74. The van der Waals surface area contributed by atoms with E-state index < -0.39 is 5.91 Å². The molecule has 0 aliphatic rings. The maximum atomic E-state index is 12.2. The van der Waals surface area contributed by atoms with Crippen LogP contribution in [-0.2, 0) is 0 Å². The standard InChI is InChI=1S/C22H15BrN2O4/c1-13(26)14-2-4-15(5-3-14)19-9-7-18(28-19)12-24-25-22(27)21-11-16-10-17(23)6-8-20(16)29-21/h2-12H,1H3,(H,25,27)/b24-12+. The Bertz CT molecular complexity index is 1240. The van der Waals surface area contributed by atoms with E-state index in [4.69, 9.17) is 8.83 Å². The number of nitrogens with zero attached hydrogens (tertiary/aromatic N) is 1. The van der Waals surface area contributed by atoms with Crippen LogP contribution in [0.5, 0.6) is 0 Å². The molecule has 0 bridgehead atoms. The third-order valence-electron chi connectivity index (χ3n) is 4.26. The molecule has 0 atom stereocenters. The number of amides is 1. The van der Waals surface area contributed by atoms with Gasteiger partial charge in [0.25, 0.3) is 0 Å². The molecule has 0 saturated carbocycles. The van der Waals surface area contributed by atoms with Crippen LogP contribution in [-0.4, -0.2) is 17.9 Å². The number of carbonyl (C=O) groups is 2. The van der Waals surface area contributed by atoms with Crippen LogP contribution < -0.4 is 5.43 Å². The summed E-state index contributed by atoms with van der Waals surface area (Å²) in [7, 11) is 0. The number of rotatable bonds is 5. The van der Waals surface area contributed by atoms with Crippen LogP contribution >= 0.6 is 15.9 Å². The summed E-state index contributed by atoms with van der Waals surface area (Å²) >= 11 is 3.38. The second-order valence-electron chi connectivity index (χ2n) is 6.33. The van der Waals surface area contributed by atoms with Gasteiger partial charge in [-0.05, 0) is 43.3 Å². The highest BCUT2D eigenvalue weighted by Gasteiger charge is 2.12. The van der Waals surface area contributed by atoms with Gasteiger partial charge in [-0.15, -0.1) is 0 Å². The van der Waals surface area contributed by atoms with Crippen molar-refractivity contribution in [3.8, 4) is 11.3 Å². The maximum absolute atomic E-state index is 12.2. The van der Waals surface area contributed by atoms with Crippen molar-refractivity contribution in [2.45, 2.75) is 6.92 Å². The fraction of sp³-hybridized carbons (Fsp3) is 0.0455. The van der Waals surface area contributed by atoms with E-state index in [0.29, 0.717) is 22.7 Å². The Morgan fingerprint density at radius 2 is 1.79 bits per heavy atom. The molecule has 0 fully saturated rings. The molecule has 144 valence electrons. The molecule has 1 amide bonds. The van der Waals surface area contributed by atoms with Crippen LogP contribution in [0, 0.1) is 0 Å². The Kier molecular flexibility index (Phi) is 5.14. The van der Waals surface area contributed by atoms with Gasteiger partial charge in [0.2, 0.25) is 0 Å². The van der Waals surface area contributed by atoms with E-state index in [9.17, 15) is 9.59 Å². The van der Waals surface area contributed by atoms with Gasteiger partial charge >= 0.3 is 5.91 Å². The Morgan fingerprint density at radius 1 is 1.00 bits per heavy atom. The van der Waals surface area contributed by atoms with Crippen molar-refractivity contribution >= 4 is 44.8 Å². The van der Waals surface area contributed by atoms with Gasteiger partial charge in [-0.2, -0.15) is 5.10 Å². The zero-order chi connectivity index (χ0) is 20.4. The van der Waals surface area contributed by atoms with Gasteiger partial charge in [-0.25, -0.2) is 5.43 Å². The number of nitrogens with one attached hydrogen (secondary N) is 1. The lowest BCUT2D eigenvalue weighted by Gasteiger charge is -1.98. The molecule has 2 aromatic carbocycles. The highest BCUT2D eigenvalue weighted by Crippen LogP contribution is 2.24. The third-order valence-corrected chi connectivity index (χ3v) is 4.76. The van der Waals surface area contributed by atoms with Crippen LogP contribution in [0.4, 0.5) is 0 Å². The zero-order valence-electron chi connectivity index (χ0n) is 15.3. The average molecular weight is 451 g/mol. The summed E-state index contributed by atoms with van der Waals surface area (Å²) in [6, 6.07) is 17.8. The van der Waals surface area contributed by atoms with Crippen molar-refractivity contribution in [1.29, 1.82) is 0 Å². The highest BCUT2D eigenvalue weighted by molar-refractivity contribution is 9.10. The molecule has 6 nitrogen and oxygen atoms in total. The quantitative estimate of drug-likeness (QED) is 0.249. The van der Waals surface area contributed by atoms with E-state index in [2.05, 4.69) is 26.5 Å². The second-order valence-corrected chi connectivity index (χ2v) is 7.24. The van der Waals surface area contributed by atoms with Gasteiger partial charge in [0.05, 0.1) is 6.21 Å². The number of hydrazone groups is 1. The Labute approximate surface area is 174 Å². The number of carbonyl (C=O) groups excluding carboxylic acids is 2. The number of ketones is 1. The van der Waals surface area contributed by atoms with Crippen molar-refractivity contribution in [2.75, 3.05) is 0 Å². The molecule has 0 spiro atoms. The Balaban J connectivity index is 1.42. The van der Waals surface area contributed by atoms with E-state index in [-0.39, 0.29) is 11.5 Å². The first-order valence-corrected chi connectivity index (χ1v) is 9.52. The van der Waals surface area contributed by atoms with Gasteiger partial charge in [-0.3, -0.25) is 9.59 Å². The molecule has 4 rings (SSSR count). The van der Waals surface area contributed by atoms with Gasteiger partial charge in [0.15, 0.2) is 11.5 Å². The summed E-state index contributed by atoms with van der Waals surface area (Å²) in [4.78, 5) is 23.6. The summed E-state index contributed by atoms with van der Waals surface area (Å²) in [6.07, 6.45) is 1.41. The number of hydrogen-bond donors (Lipinski definition) is 1. The van der Waals surface area contributed by atoms with E-state index >= 15 is 0 Å². The summed E-state index contributed by atoms with van der Waals surface area (Å²) in [5.41, 5.74) is 4.52. The number of fused-ring (bicyclic) bond motifs is 1. The van der Waals surface area contributed by atoms with Crippen molar-refractivity contribution in [1.82, 2.24) is 5.43 Å². The minimum Gasteiger partial charge on any atom is -0.455 e. The molecule has 0 saturated heterocycles. The molecule has 29 heavy (non-hydrogen) atoms. The van der Waals surface area contributed by atoms with Crippen LogP contribution in [0.15, 0.2) is 79.1 Å². The highest BCUT2D eigenvalue weighted by atomic mass is 79.9. The molecule has 0 radical (unpaired) electrons. The number of furan rings is 2. The van der Waals surface area contributed by atoms with Crippen LogP contribution in [0.3, 0.4) is 0 Å². The van der Waals surface area contributed by atoms with Gasteiger partial charge in [-0.1, -0.05) is 40.2 Å². The Morgan fingerprint density at radius 3 is 2.55 bits per heavy atom. The average Bonchev–Trinajstić information content (AvgIpc) is 3.34. The number of hydrogen-bond acceptors (Lipinski definition) is 5. The fourth-order valence-corrected chi connectivity index (χ4v) is 3.16. The normalized spacial score (nSPS) is 11.2. The summed E-state index contributed by atoms with van der Waals surface area (Å²) in [5.74, 6) is 0.831. The van der Waals surface area contributed by atoms with E-state index in [1.807, 2.05) is 24.3 Å². The minimum absolute atomic E-state index is 0.0108. The Hall–Kier alpha value is -3.45. The monoisotopic (exact) mass is 450 g/mol. The molecule has 2 heterocycles. The van der Waals surface area contributed by atoms with Crippen molar-refractivity contribution < 1.29 is 18.4 Å². The van der Waals surface area contributed by atoms with Crippen LogP contribution in [0.25, 0.3) is 22.3 Å². The number of benzene rings is 2. The molecule has 7 heteroatoms. The lowest BCUT2D eigenvalue weighted by molar-refractivity contribution is 0.0929. The number of halogens is 1. The molecule has 4 aromatic rings. The summed E-state index contributed by atoms with van der Waals surface area (Å²) < 4.78 is 12.1. The van der Waals surface area contributed by atoms with Crippen molar-refractivity contribution in [3.63, 3.8) is 0 Å². The van der Waals surface area contributed by atoms with Gasteiger partial charge in [0, 0.05) is 21.0 Å². The molecular weight excluding hydrogens is 436 g/mol. The van der Waals surface area contributed by atoms with E-state index in [1.54, 1.807) is 36.4 Å². The summed E-state index contributed by atoms with van der Waals surface area (Å²) in [6.45, 7) is 1.52. The molecule has 0 aliphatic heterocycles. The van der Waals surface area contributed by atoms with Crippen molar-refractivity contribution in [2.24, 2.45) is 5.10 Å². The number of Topliss-reactive ketones (excluding diaryl/α,β-unsaturated/α-hetero) is 1.